The van der Waals surface area contributed by atoms with E-state index in [9.17, 15) is 9.90 Å². The number of hydrogen-bond acceptors (Lipinski definition) is 2. The van der Waals surface area contributed by atoms with Crippen molar-refractivity contribution in [3.05, 3.63) is 52.3 Å². The summed E-state index contributed by atoms with van der Waals surface area (Å²) in [5, 5.41) is 14.6. The largest absolute Gasteiger partial charge is 0.481 e. The van der Waals surface area contributed by atoms with Gasteiger partial charge in [0, 0.05) is 12.6 Å². The Hall–Kier alpha value is -1.81. The molecule has 0 aliphatic heterocycles. The molecule has 0 saturated heterocycles. The first-order chi connectivity index (χ1) is 9.92. The monoisotopic (exact) mass is 306 g/mol. The van der Waals surface area contributed by atoms with E-state index >= 15 is 0 Å². The van der Waals surface area contributed by atoms with Gasteiger partial charge in [-0.2, -0.15) is 5.10 Å². The molecule has 0 aliphatic carbocycles. The normalized spacial score (nSPS) is 13.9. The van der Waals surface area contributed by atoms with Gasteiger partial charge in [0.1, 0.15) is 5.15 Å². The van der Waals surface area contributed by atoms with Crippen molar-refractivity contribution < 1.29 is 9.90 Å². The van der Waals surface area contributed by atoms with Crippen molar-refractivity contribution in [2.24, 2.45) is 7.05 Å². The highest BCUT2D eigenvalue weighted by atomic mass is 35.5. The smallest absolute Gasteiger partial charge is 0.314 e. The van der Waals surface area contributed by atoms with Gasteiger partial charge in [0.05, 0.1) is 11.1 Å². The molecule has 21 heavy (non-hydrogen) atoms. The first-order valence-corrected chi connectivity index (χ1v) is 7.27. The molecular weight excluding hydrogens is 288 g/mol. The Morgan fingerprint density at radius 1 is 1.38 bits per heavy atom. The summed E-state index contributed by atoms with van der Waals surface area (Å²) in [4.78, 5) is 12.0. The molecule has 1 aromatic heterocycles. The van der Waals surface area contributed by atoms with E-state index in [1.165, 1.54) is 0 Å². The number of rotatable bonds is 5. The van der Waals surface area contributed by atoms with E-state index < -0.39 is 11.4 Å². The van der Waals surface area contributed by atoms with E-state index in [0.29, 0.717) is 18.0 Å². The van der Waals surface area contributed by atoms with E-state index in [1.54, 1.807) is 11.7 Å². The van der Waals surface area contributed by atoms with Crippen molar-refractivity contribution in [2.45, 2.75) is 32.1 Å². The van der Waals surface area contributed by atoms with Gasteiger partial charge in [-0.15, -0.1) is 0 Å². The molecule has 0 bridgehead atoms. The second-order valence-electron chi connectivity index (χ2n) is 5.26. The van der Waals surface area contributed by atoms with Crippen LogP contribution < -0.4 is 0 Å². The number of carboxylic acid groups (broad SMARTS) is 1. The predicted molar refractivity (Wildman–Crippen MR) is 82.7 cm³/mol. The molecule has 1 aromatic carbocycles. The van der Waals surface area contributed by atoms with Crippen molar-refractivity contribution in [1.29, 1.82) is 0 Å². The Labute approximate surface area is 129 Å². The van der Waals surface area contributed by atoms with Gasteiger partial charge >= 0.3 is 5.97 Å². The maximum absolute atomic E-state index is 12.0. The van der Waals surface area contributed by atoms with Crippen LogP contribution >= 0.6 is 11.6 Å². The van der Waals surface area contributed by atoms with E-state index in [-0.39, 0.29) is 0 Å². The van der Waals surface area contributed by atoms with E-state index in [2.05, 4.69) is 5.10 Å². The fourth-order valence-electron chi connectivity index (χ4n) is 2.72. The quantitative estimate of drug-likeness (QED) is 0.921. The van der Waals surface area contributed by atoms with Crippen molar-refractivity contribution in [1.82, 2.24) is 9.78 Å². The first kappa shape index (κ1) is 15.6. The summed E-state index contributed by atoms with van der Waals surface area (Å²) < 4.78 is 1.58. The summed E-state index contributed by atoms with van der Waals surface area (Å²) in [6.07, 6.45) is 0.818. The minimum atomic E-state index is -0.987. The topological polar surface area (TPSA) is 55.1 Å². The molecule has 0 aliphatic rings. The number of nitrogens with zero attached hydrogens (tertiary/aromatic N) is 2. The molecule has 1 atom stereocenters. The summed E-state index contributed by atoms with van der Waals surface area (Å²) in [7, 11) is 1.76. The molecule has 0 saturated carbocycles. The van der Waals surface area contributed by atoms with Crippen LogP contribution in [0.15, 0.2) is 30.3 Å². The van der Waals surface area contributed by atoms with Crippen LogP contribution in [0.4, 0.5) is 0 Å². The number of aryl methyl sites for hydroxylation is 2. The summed E-state index contributed by atoms with van der Waals surface area (Å²) in [6.45, 7) is 3.75. The molecule has 0 fully saturated rings. The van der Waals surface area contributed by atoms with Gasteiger partial charge in [0.25, 0.3) is 0 Å². The fourth-order valence-corrected chi connectivity index (χ4v) is 2.96. The average molecular weight is 307 g/mol. The zero-order valence-corrected chi connectivity index (χ0v) is 13.2. The van der Waals surface area contributed by atoms with Crippen LogP contribution in [0.1, 0.15) is 30.2 Å². The Kier molecular flexibility index (Phi) is 4.37. The Balaban J connectivity index is 2.54. The van der Waals surface area contributed by atoms with Crippen LogP contribution in [0.3, 0.4) is 0 Å². The van der Waals surface area contributed by atoms with Crippen molar-refractivity contribution in [2.75, 3.05) is 0 Å². The lowest BCUT2D eigenvalue weighted by molar-refractivity contribution is -0.144. The third-order valence-electron chi connectivity index (χ3n) is 4.09. The van der Waals surface area contributed by atoms with Gasteiger partial charge in [-0.3, -0.25) is 9.48 Å². The maximum Gasteiger partial charge on any atom is 0.314 e. The summed E-state index contributed by atoms with van der Waals surface area (Å²) in [6, 6.07) is 9.32. The molecule has 0 spiro atoms. The number of benzene rings is 1. The summed E-state index contributed by atoms with van der Waals surface area (Å²) in [5.41, 5.74) is 1.38. The van der Waals surface area contributed by atoms with Crippen LogP contribution in [0.25, 0.3) is 0 Å². The fraction of sp³-hybridized carbons (Fsp3) is 0.375. The van der Waals surface area contributed by atoms with Gasteiger partial charge in [0.2, 0.25) is 0 Å². The Bertz CT molecular complexity index is 652. The third kappa shape index (κ3) is 2.68. The third-order valence-corrected chi connectivity index (χ3v) is 4.56. The highest BCUT2D eigenvalue weighted by Gasteiger charge is 2.40. The number of halogens is 1. The standard InChI is InChI=1S/C16H19ClN2O2/c1-4-16(15(20)21,12-8-6-5-7-9-12)10-13-11(2)18-19(3)14(13)17/h5-9H,4,10H2,1-3H3,(H,20,21). The van der Waals surface area contributed by atoms with E-state index in [4.69, 9.17) is 11.6 Å². The Morgan fingerprint density at radius 2 is 2.00 bits per heavy atom. The van der Waals surface area contributed by atoms with Crippen LogP contribution in [0, 0.1) is 6.92 Å². The number of carbonyl (C=O) groups is 1. The van der Waals surface area contributed by atoms with Gasteiger partial charge in [0.15, 0.2) is 0 Å². The van der Waals surface area contributed by atoms with Crippen LogP contribution in [0.2, 0.25) is 5.15 Å². The molecule has 2 rings (SSSR count). The zero-order valence-electron chi connectivity index (χ0n) is 12.4. The number of hydrogen-bond donors (Lipinski definition) is 1. The van der Waals surface area contributed by atoms with E-state index in [1.807, 2.05) is 44.2 Å². The minimum Gasteiger partial charge on any atom is -0.481 e. The molecule has 0 amide bonds. The molecule has 1 unspecified atom stereocenters. The van der Waals surface area contributed by atoms with Crippen LogP contribution in [0.5, 0.6) is 0 Å². The summed E-state index contributed by atoms with van der Waals surface area (Å²) in [5.74, 6) is -0.837. The lowest BCUT2D eigenvalue weighted by atomic mass is 9.73. The number of carboxylic acids is 1. The molecule has 1 heterocycles. The Morgan fingerprint density at radius 3 is 2.43 bits per heavy atom. The van der Waals surface area contributed by atoms with E-state index in [0.717, 1.165) is 16.8 Å². The highest BCUT2D eigenvalue weighted by Crippen LogP contribution is 2.35. The van der Waals surface area contributed by atoms with Crippen LogP contribution in [-0.4, -0.2) is 20.9 Å². The van der Waals surface area contributed by atoms with Crippen molar-refractivity contribution in [3.63, 3.8) is 0 Å². The predicted octanol–water partition coefficient (Wildman–Crippen LogP) is 3.36. The molecule has 4 nitrogen and oxygen atoms in total. The van der Waals surface area contributed by atoms with Crippen LogP contribution in [-0.2, 0) is 23.7 Å². The van der Waals surface area contributed by atoms with Gasteiger partial charge in [-0.05, 0) is 25.3 Å². The number of aromatic nitrogens is 2. The second kappa shape index (κ2) is 5.90. The van der Waals surface area contributed by atoms with Crippen molar-refractivity contribution >= 4 is 17.6 Å². The molecule has 5 heteroatoms. The molecule has 0 radical (unpaired) electrons. The van der Waals surface area contributed by atoms with Gasteiger partial charge in [-0.25, -0.2) is 0 Å². The van der Waals surface area contributed by atoms with Gasteiger partial charge in [-0.1, -0.05) is 48.9 Å². The average Bonchev–Trinajstić information content (AvgIpc) is 2.71. The maximum atomic E-state index is 12.0. The molecule has 112 valence electrons. The SMILES string of the molecule is CCC(Cc1c(C)nn(C)c1Cl)(C(=O)O)c1ccccc1. The minimum absolute atomic E-state index is 0.335. The first-order valence-electron chi connectivity index (χ1n) is 6.89. The lowest BCUT2D eigenvalue weighted by Gasteiger charge is -2.29. The molecule has 2 aromatic rings. The second-order valence-corrected chi connectivity index (χ2v) is 5.62. The summed E-state index contributed by atoms with van der Waals surface area (Å²) >= 11 is 6.28. The molecular formula is C16H19ClN2O2. The lowest BCUT2D eigenvalue weighted by Crippen LogP contribution is -2.37. The number of aliphatic carboxylic acids is 1. The van der Waals surface area contributed by atoms with Gasteiger partial charge < -0.3 is 5.11 Å². The highest BCUT2D eigenvalue weighted by molar-refractivity contribution is 6.30. The van der Waals surface area contributed by atoms with Crippen molar-refractivity contribution in [3.8, 4) is 0 Å². The molecule has 1 N–H and O–H groups in total. The zero-order chi connectivity index (χ0) is 15.6.